The number of carbonyl (C=O) groups is 3. The summed E-state index contributed by atoms with van der Waals surface area (Å²) in [6.07, 6.45) is -1.02. The van der Waals surface area contributed by atoms with Crippen molar-refractivity contribution in [1.29, 1.82) is 0 Å². The third-order valence-corrected chi connectivity index (χ3v) is 3.29. The molecule has 1 amide bonds. The first-order valence-electron chi connectivity index (χ1n) is 7.28. The standard InChI is InChI=1S/C18H17NO5/c1-11(20)14-4-3-5-15(10-14)19-17(22)12(2)24-18(23)13-6-8-16(21)9-7-13/h3-10,12,21H,1-2H3,(H,19,22)/t12-/m0/s1. The van der Waals surface area contributed by atoms with Crippen LogP contribution in [0.5, 0.6) is 5.75 Å². The zero-order chi connectivity index (χ0) is 17.7. The fourth-order valence-electron chi connectivity index (χ4n) is 1.94. The zero-order valence-corrected chi connectivity index (χ0v) is 13.3. The van der Waals surface area contributed by atoms with Gasteiger partial charge in [-0.05, 0) is 50.2 Å². The van der Waals surface area contributed by atoms with Gasteiger partial charge >= 0.3 is 5.97 Å². The molecule has 0 aliphatic rings. The molecule has 1 atom stereocenters. The third-order valence-electron chi connectivity index (χ3n) is 3.29. The molecular formula is C18H17NO5. The van der Waals surface area contributed by atoms with Crippen LogP contribution in [0.3, 0.4) is 0 Å². The molecule has 0 radical (unpaired) electrons. The SMILES string of the molecule is CC(=O)c1cccc(NC(=O)[C@H](C)OC(=O)c2ccc(O)cc2)c1. The van der Waals surface area contributed by atoms with Crippen molar-refractivity contribution in [3.05, 3.63) is 59.7 Å². The van der Waals surface area contributed by atoms with Gasteiger partial charge in [-0.15, -0.1) is 0 Å². The number of ketones is 1. The Hall–Kier alpha value is -3.15. The molecule has 0 aliphatic carbocycles. The van der Waals surface area contributed by atoms with Gasteiger partial charge in [0.1, 0.15) is 5.75 Å². The largest absolute Gasteiger partial charge is 0.508 e. The molecule has 0 spiro atoms. The number of carbonyl (C=O) groups excluding carboxylic acids is 3. The number of aromatic hydroxyl groups is 1. The topological polar surface area (TPSA) is 92.7 Å². The summed E-state index contributed by atoms with van der Waals surface area (Å²) in [6, 6.07) is 12.0. The number of amides is 1. The number of Topliss-reactive ketones (excluding diaryl/α,β-unsaturated/α-hetero) is 1. The van der Waals surface area contributed by atoms with E-state index in [1.165, 1.54) is 38.1 Å². The van der Waals surface area contributed by atoms with Crippen LogP contribution in [0.15, 0.2) is 48.5 Å². The maximum atomic E-state index is 12.1. The van der Waals surface area contributed by atoms with Crippen molar-refractivity contribution in [2.24, 2.45) is 0 Å². The summed E-state index contributed by atoms with van der Waals surface area (Å²) in [7, 11) is 0. The van der Waals surface area contributed by atoms with Crippen LogP contribution >= 0.6 is 0 Å². The summed E-state index contributed by atoms with van der Waals surface area (Å²) >= 11 is 0. The molecule has 2 rings (SSSR count). The monoisotopic (exact) mass is 327 g/mol. The average molecular weight is 327 g/mol. The molecular weight excluding hydrogens is 310 g/mol. The van der Waals surface area contributed by atoms with Crippen LogP contribution in [-0.4, -0.2) is 28.9 Å². The molecule has 24 heavy (non-hydrogen) atoms. The highest BCUT2D eigenvalue weighted by atomic mass is 16.5. The fourth-order valence-corrected chi connectivity index (χ4v) is 1.94. The van der Waals surface area contributed by atoms with E-state index in [2.05, 4.69) is 5.32 Å². The predicted octanol–water partition coefficient (Wildman–Crippen LogP) is 2.78. The fraction of sp³-hybridized carbons (Fsp3) is 0.167. The van der Waals surface area contributed by atoms with E-state index in [4.69, 9.17) is 4.74 Å². The maximum Gasteiger partial charge on any atom is 0.338 e. The molecule has 0 unspecified atom stereocenters. The van der Waals surface area contributed by atoms with Gasteiger partial charge < -0.3 is 15.2 Å². The molecule has 2 aromatic rings. The summed E-state index contributed by atoms with van der Waals surface area (Å²) in [5.41, 5.74) is 1.15. The molecule has 0 heterocycles. The van der Waals surface area contributed by atoms with Crippen molar-refractivity contribution in [2.45, 2.75) is 20.0 Å². The highest BCUT2D eigenvalue weighted by Crippen LogP contribution is 2.14. The summed E-state index contributed by atoms with van der Waals surface area (Å²) in [5, 5.41) is 11.8. The second-order valence-corrected chi connectivity index (χ2v) is 5.22. The Kier molecular flexibility index (Phi) is 5.31. The summed E-state index contributed by atoms with van der Waals surface area (Å²) in [6.45, 7) is 2.88. The van der Waals surface area contributed by atoms with Crippen molar-refractivity contribution >= 4 is 23.3 Å². The molecule has 0 bridgehead atoms. The minimum atomic E-state index is -1.02. The third kappa shape index (κ3) is 4.42. The molecule has 6 nitrogen and oxygen atoms in total. The highest BCUT2D eigenvalue weighted by molar-refractivity contribution is 5.99. The molecule has 124 valence electrons. The van der Waals surface area contributed by atoms with Crippen LogP contribution in [0.2, 0.25) is 0 Å². The van der Waals surface area contributed by atoms with Crippen molar-refractivity contribution in [3.8, 4) is 5.75 Å². The summed E-state index contributed by atoms with van der Waals surface area (Å²) < 4.78 is 5.09. The maximum absolute atomic E-state index is 12.1. The quantitative estimate of drug-likeness (QED) is 0.651. The minimum absolute atomic E-state index is 0.0303. The lowest BCUT2D eigenvalue weighted by molar-refractivity contribution is -0.123. The number of ether oxygens (including phenoxy) is 1. The summed E-state index contributed by atoms with van der Waals surface area (Å²) in [4.78, 5) is 35.4. The zero-order valence-electron chi connectivity index (χ0n) is 13.3. The van der Waals surface area contributed by atoms with Gasteiger partial charge in [-0.3, -0.25) is 9.59 Å². The van der Waals surface area contributed by atoms with Gasteiger partial charge in [-0.1, -0.05) is 12.1 Å². The Morgan fingerprint density at radius 3 is 2.33 bits per heavy atom. The number of phenols is 1. The molecule has 2 N–H and O–H groups in total. The molecule has 0 aliphatic heterocycles. The lowest BCUT2D eigenvalue weighted by Crippen LogP contribution is -2.30. The molecule has 2 aromatic carbocycles. The smallest absolute Gasteiger partial charge is 0.338 e. The van der Waals surface area contributed by atoms with E-state index in [0.717, 1.165) is 0 Å². The highest BCUT2D eigenvalue weighted by Gasteiger charge is 2.19. The van der Waals surface area contributed by atoms with Crippen LogP contribution in [0, 0.1) is 0 Å². The van der Waals surface area contributed by atoms with Gasteiger partial charge in [0.15, 0.2) is 11.9 Å². The lowest BCUT2D eigenvalue weighted by Gasteiger charge is -2.14. The van der Waals surface area contributed by atoms with E-state index < -0.39 is 18.0 Å². The van der Waals surface area contributed by atoms with Crippen LogP contribution in [0.4, 0.5) is 5.69 Å². The molecule has 0 saturated carbocycles. The first kappa shape index (κ1) is 17.2. The molecule has 6 heteroatoms. The lowest BCUT2D eigenvalue weighted by atomic mass is 10.1. The van der Waals surface area contributed by atoms with Gasteiger partial charge in [0.05, 0.1) is 5.56 Å². The van der Waals surface area contributed by atoms with Gasteiger partial charge in [0, 0.05) is 11.3 Å². The number of hydrogen-bond acceptors (Lipinski definition) is 5. The normalized spacial score (nSPS) is 11.4. The number of benzene rings is 2. The Labute approximate surface area is 139 Å². The molecule has 0 fully saturated rings. The van der Waals surface area contributed by atoms with Gasteiger partial charge in [-0.25, -0.2) is 4.79 Å². The Bertz CT molecular complexity index is 767. The van der Waals surface area contributed by atoms with E-state index in [1.54, 1.807) is 24.3 Å². The first-order valence-corrected chi connectivity index (χ1v) is 7.28. The number of anilines is 1. The number of esters is 1. The number of nitrogens with one attached hydrogen (secondary N) is 1. The van der Waals surface area contributed by atoms with Gasteiger partial charge in [0.2, 0.25) is 0 Å². The second-order valence-electron chi connectivity index (χ2n) is 5.22. The van der Waals surface area contributed by atoms with Gasteiger partial charge in [-0.2, -0.15) is 0 Å². The second kappa shape index (κ2) is 7.41. The summed E-state index contributed by atoms with van der Waals surface area (Å²) in [5.74, 6) is -1.27. The minimum Gasteiger partial charge on any atom is -0.508 e. The van der Waals surface area contributed by atoms with E-state index >= 15 is 0 Å². The van der Waals surface area contributed by atoms with Crippen molar-refractivity contribution < 1.29 is 24.2 Å². The number of rotatable bonds is 5. The van der Waals surface area contributed by atoms with E-state index in [9.17, 15) is 19.5 Å². The number of phenolic OH excluding ortho intramolecular Hbond substituents is 1. The van der Waals surface area contributed by atoms with E-state index in [1.807, 2.05) is 0 Å². The van der Waals surface area contributed by atoms with Gasteiger partial charge in [0.25, 0.3) is 5.91 Å². The van der Waals surface area contributed by atoms with Crippen molar-refractivity contribution in [1.82, 2.24) is 0 Å². The molecule has 0 saturated heterocycles. The number of hydrogen-bond donors (Lipinski definition) is 2. The van der Waals surface area contributed by atoms with E-state index in [0.29, 0.717) is 11.3 Å². The van der Waals surface area contributed by atoms with Crippen LogP contribution in [0.25, 0.3) is 0 Å². The molecule has 0 aromatic heterocycles. The Morgan fingerprint density at radius 1 is 1.04 bits per heavy atom. The van der Waals surface area contributed by atoms with Crippen molar-refractivity contribution in [2.75, 3.05) is 5.32 Å². The van der Waals surface area contributed by atoms with Crippen molar-refractivity contribution in [3.63, 3.8) is 0 Å². The van der Waals surface area contributed by atoms with E-state index in [-0.39, 0.29) is 17.1 Å². The van der Waals surface area contributed by atoms with Crippen LogP contribution in [0.1, 0.15) is 34.6 Å². The van der Waals surface area contributed by atoms with Crippen LogP contribution < -0.4 is 5.32 Å². The van der Waals surface area contributed by atoms with Crippen LogP contribution in [-0.2, 0) is 9.53 Å². The first-order chi connectivity index (χ1) is 11.4. The average Bonchev–Trinajstić information content (AvgIpc) is 2.55. The Morgan fingerprint density at radius 2 is 1.71 bits per heavy atom. The Balaban J connectivity index is 1.99. The predicted molar refractivity (Wildman–Crippen MR) is 88.1 cm³/mol.